The van der Waals surface area contributed by atoms with Crippen molar-refractivity contribution >= 4 is 33.0 Å². The van der Waals surface area contributed by atoms with Gasteiger partial charge in [0, 0.05) is 22.7 Å². The van der Waals surface area contributed by atoms with Gasteiger partial charge in [-0.1, -0.05) is 5.57 Å². The SMILES string of the molecule is CC1=C2C(CCS2(=O)=O)C2C(=O)C3=C(C(=O)c4cn[nH]c4C3=O)C(=O)C2C1. The van der Waals surface area contributed by atoms with Crippen molar-refractivity contribution < 1.29 is 27.6 Å². The number of ketones is 4. The molecule has 1 aliphatic heterocycles. The molecule has 1 aromatic heterocycles. The molecular formula is C18H14N2O6S. The minimum atomic E-state index is -3.45. The largest absolute Gasteiger partial charge is 0.294 e. The predicted octanol–water partition coefficient (Wildman–Crippen LogP) is 0.582. The fourth-order valence-corrected chi connectivity index (χ4v) is 7.20. The zero-order chi connectivity index (χ0) is 19.2. The Morgan fingerprint density at radius 1 is 1.04 bits per heavy atom. The van der Waals surface area contributed by atoms with Crippen molar-refractivity contribution in [2.45, 2.75) is 19.8 Å². The number of carbonyl (C=O) groups excluding carboxylic acids is 4. The van der Waals surface area contributed by atoms with Gasteiger partial charge < -0.3 is 0 Å². The molecule has 5 rings (SSSR count). The van der Waals surface area contributed by atoms with Crippen LogP contribution in [0.1, 0.15) is 40.6 Å². The number of aromatic amines is 1. The van der Waals surface area contributed by atoms with Crippen LogP contribution in [-0.2, 0) is 19.4 Å². The van der Waals surface area contributed by atoms with Crippen LogP contribution in [0.15, 0.2) is 27.8 Å². The fourth-order valence-electron chi connectivity index (χ4n) is 5.08. The molecule has 4 aliphatic rings. The number of carbonyl (C=O) groups is 4. The van der Waals surface area contributed by atoms with Gasteiger partial charge in [0.1, 0.15) is 5.69 Å². The second kappa shape index (κ2) is 4.98. The Bertz CT molecular complexity index is 1170. The van der Waals surface area contributed by atoms with Gasteiger partial charge in [-0.05, 0) is 19.8 Å². The average molecular weight is 386 g/mol. The third kappa shape index (κ3) is 1.87. The molecule has 1 N–H and O–H groups in total. The Morgan fingerprint density at radius 2 is 1.74 bits per heavy atom. The molecular weight excluding hydrogens is 372 g/mol. The highest BCUT2D eigenvalue weighted by molar-refractivity contribution is 7.95. The number of rotatable bonds is 0. The summed E-state index contributed by atoms with van der Waals surface area (Å²) in [6.07, 6.45) is 1.53. The van der Waals surface area contributed by atoms with E-state index in [0.717, 1.165) is 0 Å². The molecule has 3 atom stereocenters. The molecule has 0 radical (unpaired) electrons. The van der Waals surface area contributed by atoms with Crippen molar-refractivity contribution in [3.63, 3.8) is 0 Å². The highest BCUT2D eigenvalue weighted by atomic mass is 32.2. The highest BCUT2D eigenvalue weighted by Gasteiger charge is 2.57. The van der Waals surface area contributed by atoms with E-state index in [0.29, 0.717) is 5.57 Å². The van der Waals surface area contributed by atoms with Crippen molar-refractivity contribution in [1.82, 2.24) is 10.2 Å². The van der Waals surface area contributed by atoms with Gasteiger partial charge in [-0.2, -0.15) is 5.10 Å². The van der Waals surface area contributed by atoms with Gasteiger partial charge in [-0.15, -0.1) is 0 Å². The van der Waals surface area contributed by atoms with Crippen LogP contribution >= 0.6 is 0 Å². The minimum Gasteiger partial charge on any atom is -0.294 e. The fraction of sp³-hybridized carbons (Fsp3) is 0.389. The Labute approximate surface area is 153 Å². The smallest absolute Gasteiger partial charge is 0.215 e. The predicted molar refractivity (Wildman–Crippen MR) is 90.5 cm³/mol. The first-order valence-corrected chi connectivity index (χ1v) is 10.3. The van der Waals surface area contributed by atoms with E-state index in [1.54, 1.807) is 6.92 Å². The van der Waals surface area contributed by atoms with Gasteiger partial charge in [0.25, 0.3) is 0 Å². The molecule has 1 aromatic rings. The summed E-state index contributed by atoms with van der Waals surface area (Å²) in [6.45, 7) is 1.66. The van der Waals surface area contributed by atoms with Crippen LogP contribution in [0.2, 0.25) is 0 Å². The minimum absolute atomic E-state index is 0.00874. The lowest BCUT2D eigenvalue weighted by Gasteiger charge is -2.39. The van der Waals surface area contributed by atoms with Crippen molar-refractivity contribution in [3.8, 4) is 0 Å². The molecule has 3 unspecified atom stereocenters. The zero-order valence-electron chi connectivity index (χ0n) is 14.2. The van der Waals surface area contributed by atoms with Gasteiger partial charge in [0.05, 0.1) is 28.7 Å². The number of Topliss-reactive ketones (excluding diaryl/α,β-unsaturated/α-hetero) is 4. The van der Waals surface area contributed by atoms with E-state index in [1.165, 1.54) is 6.20 Å². The summed E-state index contributed by atoms with van der Waals surface area (Å²) in [4.78, 5) is 52.2. The summed E-state index contributed by atoms with van der Waals surface area (Å²) in [5.41, 5.74) is -0.309. The topological polar surface area (TPSA) is 131 Å². The van der Waals surface area contributed by atoms with Gasteiger partial charge >= 0.3 is 0 Å². The lowest BCUT2D eigenvalue weighted by atomic mass is 9.61. The van der Waals surface area contributed by atoms with E-state index in [4.69, 9.17) is 0 Å². The average Bonchev–Trinajstić information content (AvgIpc) is 3.21. The molecule has 0 spiro atoms. The molecule has 3 aliphatic carbocycles. The number of H-pyrrole nitrogens is 1. The summed E-state index contributed by atoms with van der Waals surface area (Å²) in [5.74, 6) is -4.91. The van der Waals surface area contributed by atoms with Gasteiger partial charge in [0.15, 0.2) is 21.4 Å². The molecule has 27 heavy (non-hydrogen) atoms. The van der Waals surface area contributed by atoms with Crippen molar-refractivity contribution in [1.29, 1.82) is 0 Å². The third-order valence-electron chi connectivity index (χ3n) is 6.13. The number of sulfone groups is 1. The molecule has 138 valence electrons. The Morgan fingerprint density at radius 3 is 2.48 bits per heavy atom. The second-order valence-corrected chi connectivity index (χ2v) is 9.57. The van der Waals surface area contributed by atoms with E-state index in [2.05, 4.69) is 10.2 Å². The second-order valence-electron chi connectivity index (χ2n) is 7.49. The normalized spacial score (nSPS) is 31.7. The number of fused-ring (bicyclic) bond motifs is 4. The first-order chi connectivity index (χ1) is 12.7. The van der Waals surface area contributed by atoms with Crippen LogP contribution in [-0.4, -0.2) is 47.5 Å². The van der Waals surface area contributed by atoms with Crippen LogP contribution < -0.4 is 0 Å². The van der Waals surface area contributed by atoms with E-state index in [-0.39, 0.29) is 40.3 Å². The van der Waals surface area contributed by atoms with E-state index < -0.39 is 56.3 Å². The quantitative estimate of drug-likeness (QED) is 0.645. The number of hydrogen-bond acceptors (Lipinski definition) is 7. The number of aromatic nitrogens is 2. The van der Waals surface area contributed by atoms with Crippen molar-refractivity contribution in [2.24, 2.45) is 17.8 Å². The number of allylic oxidation sites excluding steroid dienone is 4. The standard InChI is InChI=1S/C18H14N2O6S/c1-6-4-8-10(7-2-3-27(25,26)18(6)7)16(23)12-11(14(8)21)15(22)9-5-19-20-13(9)17(12)24/h5,7-8,10H,2-4H2,1H3,(H,19,20). The maximum atomic E-state index is 13.3. The van der Waals surface area contributed by atoms with Crippen molar-refractivity contribution in [2.75, 3.05) is 5.75 Å². The van der Waals surface area contributed by atoms with Gasteiger partial charge in [0.2, 0.25) is 11.6 Å². The van der Waals surface area contributed by atoms with Crippen molar-refractivity contribution in [3.05, 3.63) is 39.1 Å². The zero-order valence-corrected chi connectivity index (χ0v) is 15.1. The molecule has 2 heterocycles. The molecule has 0 bridgehead atoms. The lowest BCUT2D eigenvalue weighted by molar-refractivity contribution is -0.132. The number of nitrogens with zero attached hydrogens (tertiary/aromatic N) is 1. The summed E-state index contributed by atoms with van der Waals surface area (Å²) < 4.78 is 24.8. The van der Waals surface area contributed by atoms with Gasteiger partial charge in [-0.25, -0.2) is 8.42 Å². The lowest BCUT2D eigenvalue weighted by Crippen LogP contribution is -2.48. The Hall–Kier alpha value is -2.68. The summed E-state index contributed by atoms with van der Waals surface area (Å²) in [7, 11) is -3.45. The monoisotopic (exact) mass is 386 g/mol. The molecule has 0 aromatic carbocycles. The first kappa shape index (κ1) is 16.5. The molecule has 9 heteroatoms. The third-order valence-corrected chi connectivity index (χ3v) is 8.23. The Kier molecular flexibility index (Phi) is 3.04. The highest BCUT2D eigenvalue weighted by Crippen LogP contribution is 2.51. The van der Waals surface area contributed by atoms with Crippen LogP contribution in [0, 0.1) is 17.8 Å². The Balaban J connectivity index is 1.71. The molecule has 8 nitrogen and oxygen atoms in total. The first-order valence-electron chi connectivity index (χ1n) is 8.62. The maximum absolute atomic E-state index is 13.3. The molecule has 0 saturated carbocycles. The van der Waals surface area contributed by atoms with Crippen LogP contribution in [0.5, 0.6) is 0 Å². The van der Waals surface area contributed by atoms with Gasteiger partial charge in [-0.3, -0.25) is 24.3 Å². The maximum Gasteiger partial charge on any atom is 0.215 e. The van der Waals surface area contributed by atoms with Crippen LogP contribution in [0.25, 0.3) is 0 Å². The molecule has 1 fully saturated rings. The summed E-state index contributed by atoms with van der Waals surface area (Å²) in [5, 5.41) is 6.11. The molecule has 1 saturated heterocycles. The van der Waals surface area contributed by atoms with E-state index in [1.807, 2.05) is 0 Å². The molecule has 0 amide bonds. The van der Waals surface area contributed by atoms with Crippen LogP contribution in [0.4, 0.5) is 0 Å². The van der Waals surface area contributed by atoms with E-state index >= 15 is 0 Å². The van der Waals surface area contributed by atoms with Crippen LogP contribution in [0.3, 0.4) is 0 Å². The number of nitrogens with one attached hydrogen (secondary N) is 1. The summed E-state index contributed by atoms with van der Waals surface area (Å²) >= 11 is 0. The van der Waals surface area contributed by atoms with E-state index in [9.17, 15) is 27.6 Å². The number of hydrogen-bond donors (Lipinski definition) is 1. The summed E-state index contributed by atoms with van der Waals surface area (Å²) in [6, 6.07) is 0.